The Kier molecular flexibility index (Phi) is 3.96. The normalized spacial score (nSPS) is 19.8. The molecule has 2 rings (SSSR count). The molecular formula is C12H15NO4S. The van der Waals surface area contributed by atoms with Crippen LogP contribution >= 0.6 is 11.8 Å². The largest absolute Gasteiger partial charge is 0.480 e. The Morgan fingerprint density at radius 3 is 2.83 bits per heavy atom. The van der Waals surface area contributed by atoms with E-state index in [0.717, 1.165) is 12.8 Å². The van der Waals surface area contributed by atoms with Crippen molar-refractivity contribution in [1.82, 2.24) is 4.90 Å². The van der Waals surface area contributed by atoms with E-state index in [4.69, 9.17) is 9.52 Å². The first-order chi connectivity index (χ1) is 8.63. The van der Waals surface area contributed by atoms with Crippen molar-refractivity contribution in [2.75, 3.05) is 12.8 Å². The maximum absolute atomic E-state index is 12.2. The van der Waals surface area contributed by atoms with E-state index in [1.807, 2.05) is 6.26 Å². The highest BCUT2D eigenvalue weighted by Gasteiger charge is 2.33. The SMILES string of the molecule is CSc1ccc(C(=O)N2CCCCC2C(=O)O)o1. The number of carbonyl (C=O) groups is 2. The molecule has 98 valence electrons. The van der Waals surface area contributed by atoms with Gasteiger partial charge in [-0.15, -0.1) is 0 Å². The lowest BCUT2D eigenvalue weighted by atomic mass is 10.0. The van der Waals surface area contributed by atoms with Crippen molar-refractivity contribution < 1.29 is 19.1 Å². The molecule has 0 bridgehead atoms. The van der Waals surface area contributed by atoms with Crippen molar-refractivity contribution >= 4 is 23.6 Å². The zero-order valence-corrected chi connectivity index (χ0v) is 10.9. The van der Waals surface area contributed by atoms with Crippen molar-refractivity contribution in [3.63, 3.8) is 0 Å². The first kappa shape index (κ1) is 13.0. The van der Waals surface area contributed by atoms with Gasteiger partial charge >= 0.3 is 5.97 Å². The van der Waals surface area contributed by atoms with Crippen molar-refractivity contribution in [3.05, 3.63) is 17.9 Å². The average molecular weight is 269 g/mol. The third kappa shape index (κ3) is 2.53. The van der Waals surface area contributed by atoms with Gasteiger partial charge in [0.1, 0.15) is 6.04 Å². The van der Waals surface area contributed by atoms with Crippen LogP contribution in [0, 0.1) is 0 Å². The summed E-state index contributed by atoms with van der Waals surface area (Å²) < 4.78 is 5.35. The van der Waals surface area contributed by atoms with Crippen molar-refractivity contribution in [2.24, 2.45) is 0 Å². The predicted molar refractivity (Wildman–Crippen MR) is 66.8 cm³/mol. The fraction of sp³-hybridized carbons (Fsp3) is 0.500. The average Bonchev–Trinajstić information content (AvgIpc) is 2.86. The number of rotatable bonds is 3. The van der Waals surface area contributed by atoms with E-state index in [0.29, 0.717) is 18.1 Å². The minimum absolute atomic E-state index is 0.215. The summed E-state index contributed by atoms with van der Waals surface area (Å²) in [4.78, 5) is 24.7. The molecule has 0 spiro atoms. The molecule has 0 aliphatic carbocycles. The monoisotopic (exact) mass is 269 g/mol. The molecule has 5 nitrogen and oxygen atoms in total. The molecule has 0 radical (unpaired) electrons. The van der Waals surface area contributed by atoms with Gasteiger partial charge in [0.25, 0.3) is 5.91 Å². The Morgan fingerprint density at radius 2 is 2.22 bits per heavy atom. The van der Waals surface area contributed by atoms with Crippen LogP contribution in [0.4, 0.5) is 0 Å². The van der Waals surface area contributed by atoms with Gasteiger partial charge in [-0.25, -0.2) is 4.79 Å². The van der Waals surface area contributed by atoms with Gasteiger partial charge in [-0.05, 0) is 37.7 Å². The summed E-state index contributed by atoms with van der Waals surface area (Å²) in [6.07, 6.45) is 4.05. The van der Waals surface area contributed by atoms with Crippen LogP contribution in [0.3, 0.4) is 0 Å². The number of carboxylic acid groups (broad SMARTS) is 1. The summed E-state index contributed by atoms with van der Waals surface area (Å²) in [7, 11) is 0. The first-order valence-electron chi connectivity index (χ1n) is 5.81. The molecule has 1 unspecified atom stereocenters. The van der Waals surface area contributed by atoms with Crippen LogP contribution in [-0.2, 0) is 4.79 Å². The number of carboxylic acids is 1. The van der Waals surface area contributed by atoms with Gasteiger partial charge in [0, 0.05) is 6.54 Å². The van der Waals surface area contributed by atoms with E-state index in [-0.39, 0.29) is 11.7 Å². The van der Waals surface area contributed by atoms with Crippen LogP contribution < -0.4 is 0 Å². The number of amides is 1. The van der Waals surface area contributed by atoms with Gasteiger partial charge in [-0.3, -0.25) is 4.79 Å². The van der Waals surface area contributed by atoms with E-state index in [1.165, 1.54) is 16.7 Å². The van der Waals surface area contributed by atoms with Gasteiger partial charge in [-0.1, -0.05) is 11.8 Å². The molecule has 1 aromatic rings. The number of thioether (sulfide) groups is 1. The number of nitrogens with zero attached hydrogens (tertiary/aromatic N) is 1. The molecular weight excluding hydrogens is 254 g/mol. The third-order valence-electron chi connectivity index (χ3n) is 3.04. The number of piperidine rings is 1. The predicted octanol–water partition coefficient (Wildman–Crippen LogP) is 2.08. The van der Waals surface area contributed by atoms with Gasteiger partial charge in [0.15, 0.2) is 10.9 Å². The highest BCUT2D eigenvalue weighted by molar-refractivity contribution is 7.98. The molecule has 1 amide bonds. The summed E-state index contributed by atoms with van der Waals surface area (Å²) >= 11 is 1.41. The maximum Gasteiger partial charge on any atom is 0.326 e. The van der Waals surface area contributed by atoms with Gasteiger partial charge in [0.05, 0.1) is 0 Å². The second-order valence-corrected chi connectivity index (χ2v) is 4.98. The molecule has 1 atom stereocenters. The topological polar surface area (TPSA) is 70.8 Å². The number of hydrogen-bond acceptors (Lipinski definition) is 4. The molecule has 6 heteroatoms. The maximum atomic E-state index is 12.2. The lowest BCUT2D eigenvalue weighted by molar-refractivity contribution is -0.143. The summed E-state index contributed by atoms with van der Waals surface area (Å²) in [5, 5.41) is 9.78. The Labute approximate surface area is 109 Å². The summed E-state index contributed by atoms with van der Waals surface area (Å²) in [5.74, 6) is -1.06. The second kappa shape index (κ2) is 5.48. The zero-order chi connectivity index (χ0) is 13.1. The van der Waals surface area contributed by atoms with Gasteiger partial charge in [0.2, 0.25) is 0 Å². The molecule has 1 aliphatic rings. The fourth-order valence-electron chi connectivity index (χ4n) is 2.12. The van der Waals surface area contributed by atoms with Crippen LogP contribution in [0.5, 0.6) is 0 Å². The quantitative estimate of drug-likeness (QED) is 0.851. The van der Waals surface area contributed by atoms with Crippen LogP contribution in [0.15, 0.2) is 21.6 Å². The number of hydrogen-bond donors (Lipinski definition) is 1. The molecule has 0 aromatic carbocycles. The fourth-order valence-corrected chi connectivity index (χ4v) is 2.49. The lowest BCUT2D eigenvalue weighted by Gasteiger charge is -2.32. The molecule has 1 saturated heterocycles. The minimum Gasteiger partial charge on any atom is -0.480 e. The molecule has 1 N–H and O–H groups in total. The second-order valence-electron chi connectivity index (χ2n) is 4.17. The Hall–Kier alpha value is -1.43. The highest BCUT2D eigenvalue weighted by Crippen LogP contribution is 2.23. The number of furan rings is 1. The molecule has 2 heterocycles. The highest BCUT2D eigenvalue weighted by atomic mass is 32.2. The number of carbonyl (C=O) groups excluding carboxylic acids is 1. The van der Waals surface area contributed by atoms with Crippen LogP contribution in [-0.4, -0.2) is 40.7 Å². The lowest BCUT2D eigenvalue weighted by Crippen LogP contribution is -2.47. The Balaban J connectivity index is 2.17. The van der Waals surface area contributed by atoms with E-state index in [2.05, 4.69) is 0 Å². The molecule has 1 fully saturated rings. The molecule has 18 heavy (non-hydrogen) atoms. The van der Waals surface area contributed by atoms with E-state index < -0.39 is 12.0 Å². The Morgan fingerprint density at radius 1 is 1.44 bits per heavy atom. The van der Waals surface area contributed by atoms with Gasteiger partial charge in [-0.2, -0.15) is 0 Å². The smallest absolute Gasteiger partial charge is 0.326 e. The third-order valence-corrected chi connectivity index (χ3v) is 3.66. The van der Waals surface area contributed by atoms with E-state index in [9.17, 15) is 9.59 Å². The van der Waals surface area contributed by atoms with Crippen LogP contribution in [0.2, 0.25) is 0 Å². The number of aliphatic carboxylic acids is 1. The molecule has 0 saturated carbocycles. The summed E-state index contributed by atoms with van der Waals surface area (Å²) in [6.45, 7) is 0.477. The van der Waals surface area contributed by atoms with Crippen LogP contribution in [0.1, 0.15) is 29.8 Å². The number of likely N-dealkylation sites (tertiary alicyclic amines) is 1. The molecule has 1 aromatic heterocycles. The minimum atomic E-state index is -0.945. The standard InChI is InChI=1S/C12H15NO4S/c1-18-10-6-5-9(17-10)11(14)13-7-3-2-4-8(13)12(15)16/h5-6,8H,2-4,7H2,1H3,(H,15,16). The molecule has 1 aliphatic heterocycles. The van der Waals surface area contributed by atoms with Gasteiger partial charge < -0.3 is 14.4 Å². The van der Waals surface area contributed by atoms with Crippen molar-refractivity contribution in [1.29, 1.82) is 0 Å². The summed E-state index contributed by atoms with van der Waals surface area (Å²) in [6, 6.07) is 2.59. The first-order valence-corrected chi connectivity index (χ1v) is 7.03. The Bertz CT molecular complexity index is 457. The van der Waals surface area contributed by atoms with Crippen molar-refractivity contribution in [2.45, 2.75) is 30.4 Å². The van der Waals surface area contributed by atoms with E-state index >= 15 is 0 Å². The van der Waals surface area contributed by atoms with Crippen LogP contribution in [0.25, 0.3) is 0 Å². The summed E-state index contributed by atoms with van der Waals surface area (Å²) in [5.41, 5.74) is 0. The van der Waals surface area contributed by atoms with E-state index in [1.54, 1.807) is 12.1 Å². The zero-order valence-electron chi connectivity index (χ0n) is 10.1. The van der Waals surface area contributed by atoms with Crippen molar-refractivity contribution in [3.8, 4) is 0 Å².